The molecule has 0 saturated carbocycles. The van der Waals surface area contributed by atoms with Crippen LogP contribution in [0.5, 0.6) is 0 Å². The molecule has 0 atom stereocenters. The van der Waals surface area contributed by atoms with Crippen molar-refractivity contribution >= 4 is 27.0 Å². The van der Waals surface area contributed by atoms with E-state index < -0.39 is 10.0 Å². The number of sulfonamides is 1. The molecule has 0 aliphatic carbocycles. The first-order valence-electron chi connectivity index (χ1n) is 8.90. The van der Waals surface area contributed by atoms with Crippen molar-refractivity contribution in [1.29, 1.82) is 0 Å². The van der Waals surface area contributed by atoms with Crippen LogP contribution in [-0.4, -0.2) is 30.4 Å². The van der Waals surface area contributed by atoms with Gasteiger partial charge in [-0.05, 0) is 42.7 Å². The number of nitrogens with zero attached hydrogens (tertiary/aromatic N) is 3. The minimum atomic E-state index is -3.37. The maximum absolute atomic E-state index is 12.7. The second kappa shape index (κ2) is 7.42. The van der Waals surface area contributed by atoms with Gasteiger partial charge in [-0.1, -0.05) is 30.3 Å². The highest BCUT2D eigenvalue weighted by atomic mass is 32.2. The number of hydrogen-bond donors (Lipinski definition) is 0. The Labute approximate surface area is 163 Å². The van der Waals surface area contributed by atoms with E-state index in [1.54, 1.807) is 27.8 Å². The Kier molecular flexibility index (Phi) is 4.99. The van der Waals surface area contributed by atoms with Crippen molar-refractivity contribution in [2.24, 2.45) is 12.0 Å². The topological polar surface area (TPSA) is 54.7 Å². The average molecular weight is 400 g/mol. The first-order chi connectivity index (χ1) is 13.1. The molecule has 5 nitrogen and oxygen atoms in total. The number of thiazole rings is 1. The van der Waals surface area contributed by atoms with Gasteiger partial charge in [-0.15, -0.1) is 11.3 Å². The fraction of sp³-hybridized carbons (Fsp3) is 0.250. The highest BCUT2D eigenvalue weighted by Gasteiger charge is 2.26. The van der Waals surface area contributed by atoms with Gasteiger partial charge in [-0.2, -0.15) is 4.31 Å². The molecule has 0 bridgehead atoms. The van der Waals surface area contributed by atoms with Crippen LogP contribution in [0.2, 0.25) is 0 Å². The summed E-state index contributed by atoms with van der Waals surface area (Å²) >= 11 is 1.57. The summed E-state index contributed by atoms with van der Waals surface area (Å²) in [6.45, 7) is 1.24. The first-order valence-corrected chi connectivity index (χ1v) is 11.2. The van der Waals surface area contributed by atoms with E-state index in [2.05, 4.69) is 4.99 Å². The summed E-state index contributed by atoms with van der Waals surface area (Å²) in [5, 5.41) is 2.05. The lowest BCUT2D eigenvalue weighted by Crippen LogP contribution is -2.27. The van der Waals surface area contributed by atoms with Gasteiger partial charge in [0.15, 0.2) is 4.80 Å². The molecular weight excluding hydrogens is 378 g/mol. The van der Waals surface area contributed by atoms with Crippen molar-refractivity contribution < 1.29 is 8.42 Å². The summed E-state index contributed by atoms with van der Waals surface area (Å²) < 4.78 is 28.9. The Morgan fingerprint density at radius 3 is 2.30 bits per heavy atom. The summed E-state index contributed by atoms with van der Waals surface area (Å²) in [5.41, 5.74) is 2.90. The van der Waals surface area contributed by atoms with E-state index in [1.165, 1.54) is 0 Å². The number of para-hydroxylation sites is 1. The molecule has 0 N–H and O–H groups in total. The summed E-state index contributed by atoms with van der Waals surface area (Å²) in [6, 6.07) is 17.0. The molecular formula is C20H21N3O2S2. The Morgan fingerprint density at radius 1 is 0.963 bits per heavy atom. The first kappa shape index (κ1) is 18.2. The molecule has 1 aromatic heterocycles. The summed E-state index contributed by atoms with van der Waals surface area (Å²) in [6.07, 6.45) is 1.88. The van der Waals surface area contributed by atoms with Crippen LogP contribution in [0.3, 0.4) is 0 Å². The van der Waals surface area contributed by atoms with Gasteiger partial charge in [-0.3, -0.25) is 0 Å². The molecule has 140 valence electrons. The zero-order chi connectivity index (χ0) is 18.9. The SMILES string of the molecule is Cn1c(-c2ccc(S(=O)(=O)N3CCCC3)cc2)csc1=Nc1ccccc1. The van der Waals surface area contributed by atoms with Crippen molar-refractivity contribution in [3.05, 3.63) is 64.8 Å². The van der Waals surface area contributed by atoms with E-state index in [1.807, 2.05) is 59.5 Å². The van der Waals surface area contributed by atoms with Crippen LogP contribution in [-0.2, 0) is 17.1 Å². The lowest BCUT2D eigenvalue weighted by atomic mass is 10.2. The fourth-order valence-electron chi connectivity index (χ4n) is 3.22. The van der Waals surface area contributed by atoms with Crippen molar-refractivity contribution in [2.75, 3.05) is 13.1 Å². The molecule has 0 amide bonds. The predicted molar refractivity (Wildman–Crippen MR) is 108 cm³/mol. The zero-order valence-corrected chi connectivity index (χ0v) is 16.7. The number of benzene rings is 2. The molecule has 2 heterocycles. The standard InChI is InChI=1S/C20H21N3O2S2/c1-22-19(15-26-20(22)21-17-7-3-2-4-8-17)16-9-11-18(12-10-16)27(24,25)23-13-5-6-14-23/h2-4,7-12,15H,5-6,13-14H2,1H3. The molecule has 7 heteroatoms. The van der Waals surface area contributed by atoms with Crippen LogP contribution in [0, 0.1) is 0 Å². The highest BCUT2D eigenvalue weighted by Crippen LogP contribution is 2.25. The summed E-state index contributed by atoms with van der Waals surface area (Å²) in [7, 11) is -1.40. The van der Waals surface area contributed by atoms with Gasteiger partial charge in [0, 0.05) is 25.5 Å². The quantitative estimate of drug-likeness (QED) is 0.671. The number of hydrogen-bond acceptors (Lipinski definition) is 4. The molecule has 0 unspecified atom stereocenters. The molecule has 4 rings (SSSR count). The molecule has 3 aromatic rings. The van der Waals surface area contributed by atoms with Gasteiger partial charge >= 0.3 is 0 Å². The molecule has 0 radical (unpaired) electrons. The minimum Gasteiger partial charge on any atom is -0.320 e. The third-order valence-electron chi connectivity index (χ3n) is 4.76. The van der Waals surface area contributed by atoms with Crippen LogP contribution in [0.25, 0.3) is 11.3 Å². The molecule has 2 aromatic carbocycles. The largest absolute Gasteiger partial charge is 0.320 e. The number of rotatable bonds is 4. The van der Waals surface area contributed by atoms with Crippen LogP contribution >= 0.6 is 11.3 Å². The third kappa shape index (κ3) is 3.63. The monoisotopic (exact) mass is 399 g/mol. The summed E-state index contributed by atoms with van der Waals surface area (Å²) in [4.78, 5) is 5.93. The van der Waals surface area contributed by atoms with Crippen LogP contribution in [0.15, 0.2) is 69.9 Å². The Morgan fingerprint density at radius 2 is 1.63 bits per heavy atom. The summed E-state index contributed by atoms with van der Waals surface area (Å²) in [5.74, 6) is 0. The van der Waals surface area contributed by atoms with Crippen molar-refractivity contribution in [3.8, 4) is 11.3 Å². The maximum atomic E-state index is 12.7. The fourth-order valence-corrected chi connectivity index (χ4v) is 5.66. The average Bonchev–Trinajstić information content (AvgIpc) is 3.34. The van der Waals surface area contributed by atoms with Gasteiger partial charge in [0.25, 0.3) is 0 Å². The second-order valence-electron chi connectivity index (χ2n) is 6.55. The van der Waals surface area contributed by atoms with E-state index in [0.29, 0.717) is 18.0 Å². The Balaban J connectivity index is 1.64. The maximum Gasteiger partial charge on any atom is 0.243 e. The zero-order valence-electron chi connectivity index (χ0n) is 15.1. The van der Waals surface area contributed by atoms with E-state index in [9.17, 15) is 8.42 Å². The van der Waals surface area contributed by atoms with Gasteiger partial charge < -0.3 is 4.57 Å². The molecule has 1 aliphatic rings. The van der Waals surface area contributed by atoms with Gasteiger partial charge in [0.2, 0.25) is 10.0 Å². The molecule has 1 fully saturated rings. The Bertz CT molecular complexity index is 1090. The molecule has 0 spiro atoms. The third-order valence-corrected chi connectivity index (χ3v) is 7.59. The molecule has 1 saturated heterocycles. The van der Waals surface area contributed by atoms with Crippen LogP contribution < -0.4 is 4.80 Å². The minimum absolute atomic E-state index is 0.361. The van der Waals surface area contributed by atoms with Crippen LogP contribution in [0.4, 0.5) is 5.69 Å². The molecule has 27 heavy (non-hydrogen) atoms. The van der Waals surface area contributed by atoms with E-state index in [-0.39, 0.29) is 0 Å². The lowest BCUT2D eigenvalue weighted by molar-refractivity contribution is 0.477. The van der Waals surface area contributed by atoms with Gasteiger partial charge in [-0.25, -0.2) is 13.4 Å². The predicted octanol–water partition coefficient (Wildman–Crippen LogP) is 3.77. The van der Waals surface area contributed by atoms with Gasteiger partial charge in [0.05, 0.1) is 16.3 Å². The van der Waals surface area contributed by atoms with Crippen molar-refractivity contribution in [2.45, 2.75) is 17.7 Å². The van der Waals surface area contributed by atoms with Crippen molar-refractivity contribution in [1.82, 2.24) is 8.87 Å². The highest BCUT2D eigenvalue weighted by molar-refractivity contribution is 7.89. The van der Waals surface area contributed by atoms with Crippen molar-refractivity contribution in [3.63, 3.8) is 0 Å². The van der Waals surface area contributed by atoms with E-state index in [4.69, 9.17) is 0 Å². The number of aromatic nitrogens is 1. The second-order valence-corrected chi connectivity index (χ2v) is 9.32. The van der Waals surface area contributed by atoms with Crippen LogP contribution in [0.1, 0.15) is 12.8 Å². The Hall–Kier alpha value is -2.22. The van der Waals surface area contributed by atoms with Gasteiger partial charge in [0.1, 0.15) is 0 Å². The van der Waals surface area contributed by atoms with E-state index >= 15 is 0 Å². The normalized spacial score (nSPS) is 16.1. The molecule has 1 aliphatic heterocycles. The smallest absolute Gasteiger partial charge is 0.243 e. The lowest BCUT2D eigenvalue weighted by Gasteiger charge is -2.15. The van der Waals surface area contributed by atoms with E-state index in [0.717, 1.165) is 34.6 Å².